The van der Waals surface area contributed by atoms with E-state index < -0.39 is 0 Å². The van der Waals surface area contributed by atoms with Crippen molar-refractivity contribution in [3.05, 3.63) is 24.3 Å². The molecular weight excluding hydrogens is 210 g/mol. The summed E-state index contributed by atoms with van der Waals surface area (Å²) < 4.78 is 10.2. The van der Waals surface area contributed by atoms with Crippen LogP contribution in [0.2, 0.25) is 0 Å². The Morgan fingerprint density at radius 3 is 3.00 bits per heavy atom. The first-order chi connectivity index (χ1) is 7.74. The van der Waals surface area contributed by atoms with Gasteiger partial charge >= 0.3 is 0 Å². The maximum absolute atomic E-state index is 11.4. The molecule has 1 aromatic rings. The van der Waals surface area contributed by atoms with Crippen molar-refractivity contribution in [2.45, 2.75) is 6.10 Å². The van der Waals surface area contributed by atoms with E-state index in [9.17, 15) is 9.90 Å². The third-order valence-corrected chi connectivity index (χ3v) is 2.19. The fourth-order valence-corrected chi connectivity index (χ4v) is 1.28. The van der Waals surface area contributed by atoms with E-state index in [-0.39, 0.29) is 24.4 Å². The van der Waals surface area contributed by atoms with E-state index in [2.05, 4.69) is 5.32 Å². The van der Waals surface area contributed by atoms with Gasteiger partial charge in [-0.2, -0.15) is 0 Å². The number of aromatic hydroxyl groups is 1. The second-order valence-electron chi connectivity index (χ2n) is 3.57. The van der Waals surface area contributed by atoms with Crippen LogP contribution in [0, 0.1) is 0 Å². The zero-order valence-electron chi connectivity index (χ0n) is 8.68. The maximum atomic E-state index is 11.4. The van der Waals surface area contributed by atoms with E-state index >= 15 is 0 Å². The van der Waals surface area contributed by atoms with Crippen LogP contribution in [0.25, 0.3) is 0 Å². The van der Waals surface area contributed by atoms with Crippen LogP contribution < -0.4 is 5.32 Å². The molecule has 0 spiro atoms. The average Bonchev–Trinajstić information content (AvgIpc) is 2.15. The van der Waals surface area contributed by atoms with Crippen LogP contribution in [0.4, 0.5) is 5.69 Å². The topological polar surface area (TPSA) is 67.8 Å². The zero-order chi connectivity index (χ0) is 11.4. The fraction of sp³-hybridized carbons (Fsp3) is 0.364. The fourth-order valence-electron chi connectivity index (χ4n) is 1.28. The molecule has 0 atom stereocenters. The molecular formula is C11H13NO4. The van der Waals surface area contributed by atoms with Gasteiger partial charge in [-0.3, -0.25) is 4.79 Å². The first kappa shape index (κ1) is 10.9. The largest absolute Gasteiger partial charge is 0.508 e. The summed E-state index contributed by atoms with van der Waals surface area (Å²) in [6, 6.07) is 6.37. The van der Waals surface area contributed by atoms with Crippen molar-refractivity contribution >= 4 is 11.6 Å². The molecule has 1 aliphatic heterocycles. The van der Waals surface area contributed by atoms with E-state index in [1.807, 2.05) is 0 Å². The van der Waals surface area contributed by atoms with Crippen molar-refractivity contribution in [1.29, 1.82) is 0 Å². The lowest BCUT2D eigenvalue weighted by Gasteiger charge is -2.25. The first-order valence-corrected chi connectivity index (χ1v) is 5.02. The summed E-state index contributed by atoms with van der Waals surface area (Å²) in [4.78, 5) is 11.4. The molecule has 5 heteroatoms. The number of phenolic OH excluding ortho intramolecular Hbond substituents is 1. The molecule has 2 N–H and O–H groups in total. The van der Waals surface area contributed by atoms with Gasteiger partial charge in [0.25, 0.3) is 0 Å². The number of ether oxygens (including phenoxy) is 2. The average molecular weight is 223 g/mol. The van der Waals surface area contributed by atoms with Gasteiger partial charge in [-0.05, 0) is 12.1 Å². The molecule has 0 unspecified atom stereocenters. The molecule has 1 aliphatic rings. The molecule has 0 saturated carbocycles. The van der Waals surface area contributed by atoms with Crippen molar-refractivity contribution < 1.29 is 19.4 Å². The summed E-state index contributed by atoms with van der Waals surface area (Å²) >= 11 is 0. The van der Waals surface area contributed by atoms with E-state index in [0.717, 1.165) is 0 Å². The Morgan fingerprint density at radius 2 is 2.38 bits per heavy atom. The zero-order valence-corrected chi connectivity index (χ0v) is 8.68. The lowest BCUT2D eigenvalue weighted by atomic mass is 10.3. The molecule has 0 radical (unpaired) electrons. The molecule has 16 heavy (non-hydrogen) atoms. The van der Waals surface area contributed by atoms with Gasteiger partial charge in [0.15, 0.2) is 0 Å². The maximum Gasteiger partial charge on any atom is 0.250 e. The van der Waals surface area contributed by atoms with Crippen LogP contribution >= 0.6 is 0 Å². The van der Waals surface area contributed by atoms with Crippen LogP contribution in [-0.2, 0) is 14.3 Å². The van der Waals surface area contributed by atoms with E-state index in [1.54, 1.807) is 12.1 Å². The second kappa shape index (κ2) is 4.96. The van der Waals surface area contributed by atoms with Gasteiger partial charge in [-0.15, -0.1) is 0 Å². The predicted octanol–water partition coefficient (Wildman–Crippen LogP) is 0.746. The smallest absolute Gasteiger partial charge is 0.250 e. The number of nitrogens with one attached hydrogen (secondary N) is 1. The number of hydrogen-bond donors (Lipinski definition) is 2. The number of hydrogen-bond acceptors (Lipinski definition) is 4. The Hall–Kier alpha value is -1.59. The minimum Gasteiger partial charge on any atom is -0.508 e. The summed E-state index contributed by atoms with van der Waals surface area (Å²) in [5.41, 5.74) is 0.554. The third kappa shape index (κ3) is 2.95. The predicted molar refractivity (Wildman–Crippen MR) is 57.3 cm³/mol. The van der Waals surface area contributed by atoms with Crippen LogP contribution in [0.5, 0.6) is 5.75 Å². The Morgan fingerprint density at radius 1 is 1.56 bits per heavy atom. The summed E-state index contributed by atoms with van der Waals surface area (Å²) in [6.45, 7) is 1.11. The normalized spacial score (nSPS) is 15.5. The Balaban J connectivity index is 1.77. The van der Waals surface area contributed by atoms with Gasteiger partial charge in [0.05, 0.1) is 13.2 Å². The van der Waals surface area contributed by atoms with E-state index in [1.165, 1.54) is 12.1 Å². The van der Waals surface area contributed by atoms with Crippen LogP contribution in [0.3, 0.4) is 0 Å². The SMILES string of the molecule is O=C(COC1COC1)Nc1cccc(O)c1. The van der Waals surface area contributed by atoms with Crippen molar-refractivity contribution in [2.75, 3.05) is 25.1 Å². The number of rotatable bonds is 4. The highest BCUT2D eigenvalue weighted by molar-refractivity contribution is 5.91. The van der Waals surface area contributed by atoms with Gasteiger partial charge < -0.3 is 19.9 Å². The standard InChI is InChI=1S/C11H13NO4/c13-9-3-1-2-8(4-9)12-11(14)7-16-10-5-15-6-10/h1-4,10,13H,5-7H2,(H,12,14). The van der Waals surface area contributed by atoms with Crippen molar-refractivity contribution in [3.8, 4) is 5.75 Å². The van der Waals surface area contributed by atoms with Crippen LogP contribution in [0.1, 0.15) is 0 Å². The van der Waals surface area contributed by atoms with Crippen molar-refractivity contribution in [3.63, 3.8) is 0 Å². The van der Waals surface area contributed by atoms with E-state index in [4.69, 9.17) is 9.47 Å². The molecule has 1 amide bonds. The lowest BCUT2D eigenvalue weighted by molar-refractivity contribution is -0.144. The molecule has 2 rings (SSSR count). The number of carbonyl (C=O) groups excluding carboxylic acids is 1. The highest BCUT2D eigenvalue weighted by Gasteiger charge is 2.19. The van der Waals surface area contributed by atoms with Gasteiger partial charge in [0.1, 0.15) is 18.5 Å². The summed E-state index contributed by atoms with van der Waals surface area (Å²) in [6.07, 6.45) is 0.0370. The highest BCUT2D eigenvalue weighted by Crippen LogP contribution is 2.15. The molecule has 0 aromatic heterocycles. The monoisotopic (exact) mass is 223 g/mol. The Bertz CT molecular complexity index is 376. The van der Waals surface area contributed by atoms with Gasteiger partial charge in [0.2, 0.25) is 5.91 Å². The number of carbonyl (C=O) groups is 1. The minimum absolute atomic E-state index is 0.00365. The molecule has 86 valence electrons. The van der Waals surface area contributed by atoms with Crippen LogP contribution in [-0.4, -0.2) is 36.9 Å². The summed E-state index contributed by atoms with van der Waals surface area (Å²) in [5, 5.41) is 11.8. The second-order valence-corrected chi connectivity index (χ2v) is 3.57. The lowest BCUT2D eigenvalue weighted by Crippen LogP contribution is -2.38. The molecule has 0 aliphatic carbocycles. The van der Waals surface area contributed by atoms with Crippen molar-refractivity contribution in [2.24, 2.45) is 0 Å². The molecule has 1 saturated heterocycles. The first-order valence-electron chi connectivity index (χ1n) is 5.02. The number of amides is 1. The Labute approximate surface area is 93.0 Å². The van der Waals surface area contributed by atoms with Gasteiger partial charge in [-0.1, -0.05) is 6.07 Å². The van der Waals surface area contributed by atoms with Crippen molar-refractivity contribution in [1.82, 2.24) is 0 Å². The summed E-state index contributed by atoms with van der Waals surface area (Å²) in [5.74, 6) is -0.122. The quantitative estimate of drug-likeness (QED) is 0.790. The van der Waals surface area contributed by atoms with Gasteiger partial charge in [0, 0.05) is 11.8 Å². The number of anilines is 1. The third-order valence-electron chi connectivity index (χ3n) is 2.19. The molecule has 1 fully saturated rings. The Kier molecular flexibility index (Phi) is 3.38. The number of phenols is 1. The van der Waals surface area contributed by atoms with Gasteiger partial charge in [-0.25, -0.2) is 0 Å². The summed E-state index contributed by atoms with van der Waals surface area (Å²) in [7, 11) is 0. The highest BCUT2D eigenvalue weighted by atomic mass is 16.6. The number of benzene rings is 1. The molecule has 0 bridgehead atoms. The van der Waals surface area contributed by atoms with E-state index in [0.29, 0.717) is 18.9 Å². The minimum atomic E-state index is -0.238. The molecule has 5 nitrogen and oxygen atoms in total. The molecule has 1 aromatic carbocycles. The van der Waals surface area contributed by atoms with Crippen LogP contribution in [0.15, 0.2) is 24.3 Å². The molecule has 1 heterocycles.